The highest BCUT2D eigenvalue weighted by atomic mass is 19.1. The summed E-state index contributed by atoms with van der Waals surface area (Å²) >= 11 is 0. The molecule has 28 heavy (non-hydrogen) atoms. The molecule has 0 saturated heterocycles. The van der Waals surface area contributed by atoms with Crippen molar-refractivity contribution in [1.29, 1.82) is 0 Å². The van der Waals surface area contributed by atoms with E-state index < -0.39 is 0 Å². The molecule has 6 heteroatoms. The van der Waals surface area contributed by atoms with E-state index in [9.17, 15) is 9.18 Å². The number of pyridine rings is 1. The number of aryl methyl sites for hydroxylation is 1. The Bertz CT molecular complexity index is 1010. The minimum Gasteiger partial charge on any atom is -0.375 e. The van der Waals surface area contributed by atoms with Gasteiger partial charge in [0, 0.05) is 36.6 Å². The zero-order chi connectivity index (χ0) is 20.3. The average molecular weight is 381 g/mol. The maximum Gasteiger partial charge on any atom is 0.253 e. The number of halogens is 1. The number of aromatic nitrogens is 2. The largest absolute Gasteiger partial charge is 0.375 e. The van der Waals surface area contributed by atoms with Gasteiger partial charge in [0.25, 0.3) is 5.91 Å². The smallest absolute Gasteiger partial charge is 0.253 e. The van der Waals surface area contributed by atoms with E-state index in [1.54, 1.807) is 23.2 Å². The Morgan fingerprint density at radius 1 is 1.29 bits per heavy atom. The van der Waals surface area contributed by atoms with Crippen LogP contribution in [0.1, 0.15) is 17.0 Å². The Balaban J connectivity index is 2.11. The van der Waals surface area contributed by atoms with Crippen molar-refractivity contribution in [3.05, 3.63) is 72.0 Å². The number of anilines is 1. The summed E-state index contributed by atoms with van der Waals surface area (Å²) in [6.45, 7) is 8.83. The lowest BCUT2D eigenvalue weighted by molar-refractivity contribution is -0.122. The summed E-state index contributed by atoms with van der Waals surface area (Å²) in [7, 11) is 1.47. The lowest BCUT2D eigenvalue weighted by Gasteiger charge is -2.23. The summed E-state index contributed by atoms with van der Waals surface area (Å²) in [5.41, 5.74) is 4.66. The van der Waals surface area contributed by atoms with Crippen LogP contribution in [0.3, 0.4) is 0 Å². The van der Waals surface area contributed by atoms with Gasteiger partial charge in [0.1, 0.15) is 12.4 Å². The highest BCUT2D eigenvalue weighted by Gasteiger charge is 2.21. The van der Waals surface area contributed by atoms with Crippen LogP contribution in [-0.4, -0.2) is 29.2 Å². The summed E-state index contributed by atoms with van der Waals surface area (Å²) < 4.78 is 20.6. The molecule has 0 fully saturated rings. The van der Waals surface area contributed by atoms with Crippen LogP contribution >= 0.6 is 0 Å². The van der Waals surface area contributed by atoms with E-state index in [2.05, 4.69) is 30.0 Å². The number of fused-ring (bicyclic) bond motifs is 1. The predicted octanol–water partition coefficient (Wildman–Crippen LogP) is 4.16. The maximum absolute atomic E-state index is 13.4. The molecule has 1 aromatic carbocycles. The van der Waals surface area contributed by atoms with E-state index in [4.69, 9.17) is 4.74 Å². The number of hydrogen-bond acceptors (Lipinski definition) is 3. The molecule has 3 aromatic rings. The number of ether oxygens (including phenoxy) is 1. The molecular weight excluding hydrogens is 357 g/mol. The molecule has 0 N–H and O–H groups in total. The third kappa shape index (κ3) is 3.68. The zero-order valence-electron chi connectivity index (χ0n) is 16.4. The number of allylic oxidation sites excluding steroid dienone is 1. The Kier molecular flexibility index (Phi) is 5.90. The molecule has 0 aliphatic rings. The number of amides is 1. The molecular formula is C22H24FN3O2. The number of carbonyl (C=O) groups excluding carboxylic acids is 1. The third-order valence-corrected chi connectivity index (χ3v) is 4.95. The fraction of sp³-hybridized carbons (Fsp3) is 0.273. The fourth-order valence-corrected chi connectivity index (χ4v) is 3.43. The summed E-state index contributed by atoms with van der Waals surface area (Å²) in [6.07, 6.45) is 3.60. The second-order valence-electron chi connectivity index (χ2n) is 6.65. The SMILES string of the molecule is C=CCn1c(C)c(C)c2ccnc(CN(C(=O)COC)c3ccc(F)cc3)c21. The molecule has 0 saturated carbocycles. The first-order valence-corrected chi connectivity index (χ1v) is 9.07. The van der Waals surface area contributed by atoms with Gasteiger partial charge in [0.2, 0.25) is 0 Å². The minimum absolute atomic E-state index is 0.0704. The second-order valence-corrected chi connectivity index (χ2v) is 6.65. The Labute approximate surface area is 164 Å². The van der Waals surface area contributed by atoms with Crippen molar-refractivity contribution in [2.75, 3.05) is 18.6 Å². The van der Waals surface area contributed by atoms with Crippen LogP contribution in [0, 0.1) is 19.7 Å². The van der Waals surface area contributed by atoms with Crippen LogP contribution in [0.5, 0.6) is 0 Å². The van der Waals surface area contributed by atoms with Crippen molar-refractivity contribution in [2.45, 2.75) is 26.9 Å². The van der Waals surface area contributed by atoms with Gasteiger partial charge in [0.15, 0.2) is 0 Å². The minimum atomic E-state index is -0.353. The van der Waals surface area contributed by atoms with E-state index in [1.807, 2.05) is 12.1 Å². The van der Waals surface area contributed by atoms with Crippen LogP contribution in [0.15, 0.2) is 49.2 Å². The number of benzene rings is 1. The molecule has 146 valence electrons. The van der Waals surface area contributed by atoms with Crippen LogP contribution in [-0.2, 0) is 22.6 Å². The van der Waals surface area contributed by atoms with Crippen LogP contribution in [0.2, 0.25) is 0 Å². The Morgan fingerprint density at radius 2 is 2.00 bits per heavy atom. The molecule has 0 radical (unpaired) electrons. The van der Waals surface area contributed by atoms with Gasteiger partial charge in [-0.1, -0.05) is 6.08 Å². The Morgan fingerprint density at radius 3 is 2.64 bits per heavy atom. The third-order valence-electron chi connectivity index (χ3n) is 4.95. The lowest BCUT2D eigenvalue weighted by atomic mass is 10.1. The van der Waals surface area contributed by atoms with E-state index in [1.165, 1.54) is 24.8 Å². The molecule has 2 heterocycles. The molecule has 0 spiro atoms. The highest BCUT2D eigenvalue weighted by Crippen LogP contribution is 2.29. The maximum atomic E-state index is 13.4. The van der Waals surface area contributed by atoms with E-state index >= 15 is 0 Å². The molecule has 0 unspecified atom stereocenters. The lowest BCUT2D eigenvalue weighted by Crippen LogP contribution is -2.33. The molecule has 1 amide bonds. The number of methoxy groups -OCH3 is 1. The van der Waals surface area contributed by atoms with Gasteiger partial charge in [-0.2, -0.15) is 0 Å². The normalized spacial score (nSPS) is 11.0. The van der Waals surface area contributed by atoms with Crippen molar-refractivity contribution < 1.29 is 13.9 Å². The van der Waals surface area contributed by atoms with Gasteiger partial charge in [0.05, 0.1) is 17.8 Å². The second kappa shape index (κ2) is 8.35. The van der Waals surface area contributed by atoms with Crippen molar-refractivity contribution in [1.82, 2.24) is 9.55 Å². The van der Waals surface area contributed by atoms with Crippen molar-refractivity contribution in [2.24, 2.45) is 0 Å². The molecule has 0 atom stereocenters. The van der Waals surface area contributed by atoms with Crippen molar-refractivity contribution in [3.8, 4) is 0 Å². The first kappa shape index (κ1) is 19.8. The summed E-state index contributed by atoms with van der Waals surface area (Å²) in [4.78, 5) is 18.8. The summed E-state index contributed by atoms with van der Waals surface area (Å²) in [5.74, 6) is -0.572. The molecule has 0 bridgehead atoms. The molecule has 0 aliphatic carbocycles. The van der Waals surface area contributed by atoms with Crippen LogP contribution < -0.4 is 4.90 Å². The molecule has 5 nitrogen and oxygen atoms in total. The van der Waals surface area contributed by atoms with Gasteiger partial charge in [-0.25, -0.2) is 4.39 Å². The fourth-order valence-electron chi connectivity index (χ4n) is 3.43. The highest BCUT2D eigenvalue weighted by molar-refractivity contribution is 5.95. The molecule has 3 rings (SSSR count). The summed E-state index contributed by atoms with van der Waals surface area (Å²) in [6, 6.07) is 7.83. The van der Waals surface area contributed by atoms with E-state index in [0.29, 0.717) is 12.2 Å². The summed E-state index contributed by atoms with van der Waals surface area (Å²) in [5, 5.41) is 1.10. The van der Waals surface area contributed by atoms with Gasteiger partial charge in [-0.3, -0.25) is 9.78 Å². The quantitative estimate of drug-likeness (QED) is 0.578. The van der Waals surface area contributed by atoms with Crippen LogP contribution in [0.4, 0.5) is 10.1 Å². The van der Waals surface area contributed by atoms with Crippen molar-refractivity contribution >= 4 is 22.5 Å². The topological polar surface area (TPSA) is 47.4 Å². The number of nitrogens with zero attached hydrogens (tertiary/aromatic N) is 3. The van der Waals surface area contributed by atoms with Gasteiger partial charge in [-0.15, -0.1) is 6.58 Å². The molecule has 2 aromatic heterocycles. The zero-order valence-corrected chi connectivity index (χ0v) is 16.4. The number of rotatable bonds is 7. The number of hydrogen-bond donors (Lipinski definition) is 0. The van der Waals surface area contributed by atoms with E-state index in [-0.39, 0.29) is 24.9 Å². The first-order valence-electron chi connectivity index (χ1n) is 9.07. The first-order chi connectivity index (χ1) is 13.5. The van der Waals surface area contributed by atoms with Crippen molar-refractivity contribution in [3.63, 3.8) is 0 Å². The number of carbonyl (C=O) groups is 1. The standard InChI is InChI=1S/C22H24FN3O2/c1-5-12-25-16(3)15(2)19-10-11-24-20(22(19)25)13-26(21(27)14-28-4)18-8-6-17(23)7-9-18/h5-11H,1,12-14H2,2-4H3. The van der Waals surface area contributed by atoms with E-state index in [0.717, 1.165) is 22.3 Å². The van der Waals surface area contributed by atoms with Gasteiger partial charge < -0.3 is 14.2 Å². The monoisotopic (exact) mass is 381 g/mol. The Hall–Kier alpha value is -2.99. The average Bonchev–Trinajstić information content (AvgIpc) is 2.93. The van der Waals surface area contributed by atoms with Gasteiger partial charge >= 0.3 is 0 Å². The van der Waals surface area contributed by atoms with Gasteiger partial charge in [-0.05, 0) is 49.7 Å². The molecule has 0 aliphatic heterocycles. The predicted molar refractivity (Wildman–Crippen MR) is 109 cm³/mol. The van der Waals surface area contributed by atoms with Crippen LogP contribution in [0.25, 0.3) is 10.9 Å².